The van der Waals surface area contributed by atoms with Gasteiger partial charge in [-0.3, -0.25) is 0 Å². The molecule has 2 aromatic rings. The zero-order valence-electron chi connectivity index (χ0n) is 9.16. The second kappa shape index (κ2) is 5.27. The Balaban J connectivity index is 2.34. The molecule has 0 fully saturated rings. The van der Waals surface area contributed by atoms with E-state index in [0.717, 1.165) is 16.6 Å². The number of nitrogens with zero attached hydrogens (tertiary/aromatic N) is 1. The maximum atomic E-state index is 5.98. The number of halogens is 1. The highest BCUT2D eigenvalue weighted by atomic mass is 35.5. The van der Waals surface area contributed by atoms with Crippen molar-refractivity contribution in [2.24, 2.45) is 0 Å². The summed E-state index contributed by atoms with van der Waals surface area (Å²) in [5.41, 5.74) is 2.99. The Bertz CT molecular complexity index is 464. The highest BCUT2D eigenvalue weighted by Crippen LogP contribution is 2.33. The van der Waals surface area contributed by atoms with Gasteiger partial charge in [0.2, 0.25) is 0 Å². The minimum absolute atomic E-state index is 0.231. The molecule has 2 rings (SSSR count). The van der Waals surface area contributed by atoms with Crippen molar-refractivity contribution >= 4 is 34.3 Å². The number of aromatic nitrogens is 1. The SMILES string of the molecule is CCNC(c1ccc(Cl)s1)c1scnc1C. The van der Waals surface area contributed by atoms with E-state index < -0.39 is 0 Å². The van der Waals surface area contributed by atoms with Gasteiger partial charge in [0, 0.05) is 9.75 Å². The summed E-state index contributed by atoms with van der Waals surface area (Å²) in [6.45, 7) is 5.08. The molecular formula is C11H13ClN2S2. The topological polar surface area (TPSA) is 24.9 Å². The number of thiazole rings is 1. The molecule has 0 amide bonds. The van der Waals surface area contributed by atoms with Crippen LogP contribution in [0.1, 0.15) is 28.4 Å². The molecule has 0 radical (unpaired) electrons. The molecule has 0 aliphatic carbocycles. The Morgan fingerprint density at radius 2 is 2.31 bits per heavy atom. The standard InChI is InChI=1S/C11H13ClN2S2/c1-3-13-10(8-4-5-9(12)16-8)11-7(2)14-6-15-11/h4-6,10,13H,3H2,1-2H3. The predicted molar refractivity (Wildman–Crippen MR) is 71.7 cm³/mol. The molecule has 2 nitrogen and oxygen atoms in total. The van der Waals surface area contributed by atoms with Crippen LogP contribution < -0.4 is 5.32 Å². The van der Waals surface area contributed by atoms with Crippen molar-refractivity contribution in [1.82, 2.24) is 10.3 Å². The van der Waals surface area contributed by atoms with Crippen LogP contribution in [0.2, 0.25) is 4.34 Å². The molecule has 0 aromatic carbocycles. The highest BCUT2D eigenvalue weighted by molar-refractivity contribution is 7.16. The Hall–Kier alpha value is -0.420. The summed E-state index contributed by atoms with van der Waals surface area (Å²) in [4.78, 5) is 6.83. The van der Waals surface area contributed by atoms with Crippen LogP contribution in [0, 0.1) is 6.92 Å². The maximum absolute atomic E-state index is 5.98. The molecule has 0 aliphatic heterocycles. The van der Waals surface area contributed by atoms with Crippen LogP contribution in [0.25, 0.3) is 0 Å². The number of thiophene rings is 1. The Kier molecular flexibility index (Phi) is 3.97. The monoisotopic (exact) mass is 272 g/mol. The first-order chi connectivity index (χ1) is 7.72. The molecule has 1 unspecified atom stereocenters. The van der Waals surface area contributed by atoms with E-state index in [1.54, 1.807) is 22.7 Å². The molecule has 0 spiro atoms. The van der Waals surface area contributed by atoms with E-state index >= 15 is 0 Å². The lowest BCUT2D eigenvalue weighted by atomic mass is 10.2. The predicted octanol–water partition coefficient (Wildman–Crippen LogP) is 3.87. The Morgan fingerprint density at radius 3 is 2.81 bits per heavy atom. The van der Waals surface area contributed by atoms with Gasteiger partial charge in [-0.1, -0.05) is 18.5 Å². The van der Waals surface area contributed by atoms with Gasteiger partial charge in [-0.2, -0.15) is 0 Å². The van der Waals surface area contributed by atoms with Crippen LogP contribution in [0.4, 0.5) is 0 Å². The van der Waals surface area contributed by atoms with Crippen molar-refractivity contribution in [1.29, 1.82) is 0 Å². The summed E-state index contributed by atoms with van der Waals surface area (Å²) < 4.78 is 0.833. The van der Waals surface area contributed by atoms with E-state index in [9.17, 15) is 0 Å². The van der Waals surface area contributed by atoms with Crippen LogP contribution >= 0.6 is 34.3 Å². The fraction of sp³-hybridized carbons (Fsp3) is 0.364. The minimum Gasteiger partial charge on any atom is -0.305 e. The first-order valence-corrected chi connectivity index (χ1v) is 7.18. The van der Waals surface area contributed by atoms with Gasteiger partial charge in [0.1, 0.15) is 0 Å². The molecule has 86 valence electrons. The third-order valence-corrected chi connectivity index (χ3v) is 4.62. The second-order valence-electron chi connectivity index (χ2n) is 3.43. The average molecular weight is 273 g/mol. The maximum Gasteiger partial charge on any atom is 0.0931 e. The van der Waals surface area contributed by atoms with E-state index in [0.29, 0.717) is 0 Å². The first kappa shape index (κ1) is 12.0. The quantitative estimate of drug-likeness (QED) is 0.914. The third kappa shape index (κ3) is 2.46. The van der Waals surface area contributed by atoms with Crippen LogP contribution in [-0.4, -0.2) is 11.5 Å². The van der Waals surface area contributed by atoms with Gasteiger partial charge in [-0.25, -0.2) is 4.98 Å². The number of aryl methyl sites for hydroxylation is 1. The number of hydrogen-bond acceptors (Lipinski definition) is 4. The largest absolute Gasteiger partial charge is 0.305 e. The van der Waals surface area contributed by atoms with Crippen LogP contribution in [0.5, 0.6) is 0 Å². The van der Waals surface area contributed by atoms with Crippen molar-refractivity contribution in [3.8, 4) is 0 Å². The summed E-state index contributed by atoms with van der Waals surface area (Å²) in [7, 11) is 0. The first-order valence-electron chi connectivity index (χ1n) is 5.11. The van der Waals surface area contributed by atoms with E-state index in [-0.39, 0.29) is 6.04 Å². The molecular weight excluding hydrogens is 260 g/mol. The van der Waals surface area contributed by atoms with Crippen LogP contribution in [0.3, 0.4) is 0 Å². The molecule has 1 N–H and O–H groups in total. The third-order valence-electron chi connectivity index (χ3n) is 2.33. The van der Waals surface area contributed by atoms with Gasteiger partial charge >= 0.3 is 0 Å². The zero-order chi connectivity index (χ0) is 11.5. The highest BCUT2D eigenvalue weighted by Gasteiger charge is 2.18. The normalized spacial score (nSPS) is 12.9. The lowest BCUT2D eigenvalue weighted by molar-refractivity contribution is 0.644. The summed E-state index contributed by atoms with van der Waals surface area (Å²) in [6.07, 6.45) is 0. The van der Waals surface area contributed by atoms with E-state index in [4.69, 9.17) is 11.6 Å². The fourth-order valence-electron chi connectivity index (χ4n) is 1.60. The van der Waals surface area contributed by atoms with Crippen molar-refractivity contribution in [2.75, 3.05) is 6.54 Å². The van der Waals surface area contributed by atoms with Crippen molar-refractivity contribution < 1.29 is 0 Å². The molecule has 0 saturated heterocycles. The van der Waals surface area contributed by atoms with Gasteiger partial charge in [0.15, 0.2) is 0 Å². The summed E-state index contributed by atoms with van der Waals surface area (Å²) in [6, 6.07) is 4.26. The minimum atomic E-state index is 0.231. The van der Waals surface area contributed by atoms with Crippen LogP contribution in [-0.2, 0) is 0 Å². The lowest BCUT2D eigenvalue weighted by Gasteiger charge is -2.15. The van der Waals surface area contributed by atoms with E-state index in [1.807, 2.05) is 18.5 Å². The number of rotatable bonds is 4. The average Bonchev–Trinajstić information content (AvgIpc) is 2.84. The van der Waals surface area contributed by atoms with Gasteiger partial charge in [0.05, 0.1) is 21.6 Å². The van der Waals surface area contributed by atoms with E-state index in [2.05, 4.69) is 23.3 Å². The molecule has 16 heavy (non-hydrogen) atoms. The summed E-state index contributed by atoms with van der Waals surface area (Å²) in [5.74, 6) is 0. The molecule has 0 saturated carbocycles. The lowest BCUT2D eigenvalue weighted by Crippen LogP contribution is -2.20. The Morgan fingerprint density at radius 1 is 1.50 bits per heavy atom. The molecule has 5 heteroatoms. The molecule has 0 bridgehead atoms. The Labute approximate surface area is 108 Å². The number of nitrogens with one attached hydrogen (secondary N) is 1. The molecule has 2 aromatic heterocycles. The smallest absolute Gasteiger partial charge is 0.0931 e. The van der Waals surface area contributed by atoms with Crippen molar-refractivity contribution in [2.45, 2.75) is 19.9 Å². The molecule has 0 aliphatic rings. The molecule has 1 atom stereocenters. The number of hydrogen-bond donors (Lipinski definition) is 1. The van der Waals surface area contributed by atoms with Gasteiger partial charge in [-0.15, -0.1) is 22.7 Å². The molecule has 2 heterocycles. The van der Waals surface area contributed by atoms with Crippen LogP contribution in [0.15, 0.2) is 17.6 Å². The second-order valence-corrected chi connectivity index (χ2v) is 6.07. The summed E-state index contributed by atoms with van der Waals surface area (Å²) >= 11 is 9.30. The zero-order valence-corrected chi connectivity index (χ0v) is 11.5. The van der Waals surface area contributed by atoms with Crippen molar-refractivity contribution in [3.05, 3.63) is 37.4 Å². The van der Waals surface area contributed by atoms with Gasteiger partial charge < -0.3 is 5.32 Å². The van der Waals surface area contributed by atoms with Crippen molar-refractivity contribution in [3.63, 3.8) is 0 Å². The van der Waals surface area contributed by atoms with E-state index in [1.165, 1.54) is 9.75 Å². The van der Waals surface area contributed by atoms with Gasteiger partial charge in [-0.05, 0) is 25.6 Å². The summed E-state index contributed by atoms with van der Waals surface area (Å²) in [5, 5.41) is 3.48. The van der Waals surface area contributed by atoms with Gasteiger partial charge in [0.25, 0.3) is 0 Å². The fourth-order valence-corrected chi connectivity index (χ4v) is 3.71.